The summed E-state index contributed by atoms with van der Waals surface area (Å²) >= 11 is 0. The Labute approximate surface area is 148 Å². The lowest BCUT2D eigenvalue weighted by Crippen LogP contribution is -2.43. The van der Waals surface area contributed by atoms with Gasteiger partial charge in [0.1, 0.15) is 6.17 Å². The van der Waals surface area contributed by atoms with Crippen molar-refractivity contribution in [1.29, 1.82) is 0 Å². The predicted octanol–water partition coefficient (Wildman–Crippen LogP) is 1.93. The minimum atomic E-state index is -3.24. The first kappa shape index (κ1) is 18.3. The van der Waals surface area contributed by atoms with Gasteiger partial charge in [0.25, 0.3) is 0 Å². The molecule has 1 aromatic rings. The zero-order valence-corrected chi connectivity index (χ0v) is 15.6. The number of sulfone groups is 1. The molecule has 2 aliphatic heterocycles. The Morgan fingerprint density at radius 1 is 1.28 bits per heavy atom. The van der Waals surface area contributed by atoms with E-state index >= 15 is 0 Å². The first-order chi connectivity index (χ1) is 11.9. The van der Waals surface area contributed by atoms with E-state index in [2.05, 4.69) is 5.32 Å². The Morgan fingerprint density at radius 3 is 2.60 bits per heavy atom. The maximum atomic E-state index is 14.6. The topological polar surface area (TPSA) is 58.4 Å². The summed E-state index contributed by atoms with van der Waals surface area (Å²) in [4.78, 5) is 0.258. The van der Waals surface area contributed by atoms with E-state index < -0.39 is 22.1 Å². The molecule has 0 spiro atoms. The largest absolute Gasteiger partial charge is 0.381 e. The highest BCUT2D eigenvalue weighted by molar-refractivity contribution is 7.90. The molecular weight excluding hydrogens is 343 g/mol. The third kappa shape index (κ3) is 4.20. The lowest BCUT2D eigenvalue weighted by molar-refractivity contribution is -0.561. The number of nitrogens with zero attached hydrogens (tertiary/aromatic N) is 1. The zero-order chi connectivity index (χ0) is 18.0. The quantitative estimate of drug-likeness (QED) is 0.824. The molecule has 0 bridgehead atoms. The number of hydrogen-bond acceptors (Lipinski definition) is 4. The molecule has 0 aromatic heterocycles. The number of nitrogens with one attached hydrogen (secondary N) is 1. The lowest BCUT2D eigenvalue weighted by atomic mass is 9.95. The van der Waals surface area contributed by atoms with E-state index in [0.717, 1.165) is 37.6 Å². The summed E-state index contributed by atoms with van der Waals surface area (Å²) in [5.41, 5.74) is 0.797. The Morgan fingerprint density at radius 2 is 2.00 bits per heavy atom. The van der Waals surface area contributed by atoms with Crippen LogP contribution in [0, 0.1) is 5.92 Å². The van der Waals surface area contributed by atoms with Gasteiger partial charge in [0.2, 0.25) is 5.84 Å². The molecule has 1 saturated heterocycles. The van der Waals surface area contributed by atoms with E-state index in [-0.39, 0.29) is 4.90 Å². The van der Waals surface area contributed by atoms with Gasteiger partial charge in [-0.25, -0.2) is 12.8 Å². The molecule has 7 heteroatoms. The number of alkyl halides is 1. The summed E-state index contributed by atoms with van der Waals surface area (Å²) in [5.74, 6) is 1.55. The zero-order valence-electron chi connectivity index (χ0n) is 14.7. The SMILES string of the molecule is C[N+]1=C(NCC2CCOC2)CCC(F)C1c1ccc(S(C)(=O)=O)cc1. The molecule has 2 aliphatic rings. The molecule has 0 aliphatic carbocycles. The van der Waals surface area contributed by atoms with E-state index in [1.54, 1.807) is 24.3 Å². The van der Waals surface area contributed by atoms with E-state index in [4.69, 9.17) is 4.74 Å². The summed E-state index contributed by atoms with van der Waals surface area (Å²) in [6.07, 6.45) is 2.41. The number of amidine groups is 1. The highest BCUT2D eigenvalue weighted by atomic mass is 32.2. The van der Waals surface area contributed by atoms with Gasteiger partial charge in [0.05, 0.1) is 31.5 Å². The summed E-state index contributed by atoms with van der Waals surface area (Å²) in [7, 11) is -1.35. The van der Waals surface area contributed by atoms with E-state index in [1.807, 2.05) is 11.6 Å². The fraction of sp³-hybridized carbons (Fsp3) is 0.611. The van der Waals surface area contributed by atoms with Gasteiger partial charge in [-0.3, -0.25) is 9.89 Å². The average Bonchev–Trinajstić information content (AvgIpc) is 3.07. The number of ether oxygens (including phenoxy) is 1. The molecule has 0 amide bonds. The first-order valence-corrected chi connectivity index (χ1v) is 10.6. The van der Waals surface area contributed by atoms with Crippen molar-refractivity contribution in [3.8, 4) is 0 Å². The molecule has 2 heterocycles. The van der Waals surface area contributed by atoms with E-state index in [1.165, 1.54) is 6.26 Å². The molecule has 0 radical (unpaired) electrons. The van der Waals surface area contributed by atoms with Crippen LogP contribution in [-0.2, 0) is 14.6 Å². The average molecular weight is 369 g/mol. The Balaban J connectivity index is 1.79. The van der Waals surface area contributed by atoms with Crippen LogP contribution in [0.25, 0.3) is 0 Å². The summed E-state index contributed by atoms with van der Waals surface area (Å²) < 4.78 is 45.2. The summed E-state index contributed by atoms with van der Waals surface area (Å²) in [6, 6.07) is 6.16. The van der Waals surface area contributed by atoms with Gasteiger partial charge in [-0.05, 0) is 30.5 Å². The molecule has 0 saturated carbocycles. The van der Waals surface area contributed by atoms with Crippen molar-refractivity contribution in [3.63, 3.8) is 0 Å². The van der Waals surface area contributed by atoms with Crippen molar-refractivity contribution in [2.75, 3.05) is 33.1 Å². The standard InChI is InChI=1S/C18H25FN2O3S/c1-21-17(20-11-13-9-10-24-12-13)8-7-16(19)18(21)14-3-5-15(6-4-14)25(2,22)23/h3-6,13,16,18H,7-12H2,1-2H3/p+1. The highest BCUT2D eigenvalue weighted by Gasteiger charge is 2.35. The van der Waals surface area contributed by atoms with Crippen LogP contribution in [0.15, 0.2) is 29.2 Å². The maximum Gasteiger partial charge on any atom is 0.245 e. The van der Waals surface area contributed by atoms with Crippen molar-refractivity contribution in [2.45, 2.75) is 36.4 Å². The van der Waals surface area contributed by atoms with Gasteiger partial charge in [0, 0.05) is 18.8 Å². The van der Waals surface area contributed by atoms with Gasteiger partial charge < -0.3 is 4.74 Å². The second-order valence-electron chi connectivity index (χ2n) is 7.01. The molecule has 3 rings (SSSR count). The van der Waals surface area contributed by atoms with Crippen LogP contribution < -0.4 is 5.32 Å². The monoisotopic (exact) mass is 369 g/mol. The van der Waals surface area contributed by atoms with Crippen LogP contribution in [0.3, 0.4) is 0 Å². The van der Waals surface area contributed by atoms with E-state index in [0.29, 0.717) is 18.8 Å². The summed E-state index contributed by atoms with van der Waals surface area (Å²) in [6.45, 7) is 2.45. The molecular formula is C18H26FN2O3S+. The molecule has 1 N–H and O–H groups in total. The Bertz CT molecular complexity index is 740. The normalized spacial score (nSPS) is 27.6. The van der Waals surface area contributed by atoms with Crippen LogP contribution >= 0.6 is 0 Å². The smallest absolute Gasteiger partial charge is 0.245 e. The van der Waals surface area contributed by atoms with Gasteiger partial charge in [-0.1, -0.05) is 12.1 Å². The molecule has 1 fully saturated rings. The van der Waals surface area contributed by atoms with Crippen LogP contribution in [0.4, 0.5) is 4.39 Å². The molecule has 3 unspecified atom stereocenters. The van der Waals surface area contributed by atoms with Gasteiger partial charge in [-0.2, -0.15) is 0 Å². The number of halogens is 1. The fourth-order valence-corrected chi connectivity index (χ4v) is 4.21. The highest BCUT2D eigenvalue weighted by Crippen LogP contribution is 2.30. The lowest BCUT2D eigenvalue weighted by Gasteiger charge is -2.27. The van der Waals surface area contributed by atoms with Gasteiger partial charge in [-0.15, -0.1) is 0 Å². The van der Waals surface area contributed by atoms with Gasteiger partial charge >= 0.3 is 0 Å². The van der Waals surface area contributed by atoms with Crippen LogP contribution in [0.5, 0.6) is 0 Å². The van der Waals surface area contributed by atoms with Crippen LogP contribution in [0.2, 0.25) is 0 Å². The predicted molar refractivity (Wildman–Crippen MR) is 94.5 cm³/mol. The minimum Gasteiger partial charge on any atom is -0.381 e. The maximum absolute atomic E-state index is 14.6. The van der Waals surface area contributed by atoms with Crippen molar-refractivity contribution in [3.05, 3.63) is 29.8 Å². The first-order valence-electron chi connectivity index (χ1n) is 8.70. The van der Waals surface area contributed by atoms with Crippen LogP contribution in [-0.4, -0.2) is 58.1 Å². The number of benzene rings is 1. The molecule has 138 valence electrons. The van der Waals surface area contributed by atoms with Crippen molar-refractivity contribution in [2.24, 2.45) is 5.92 Å². The molecule has 1 aromatic carbocycles. The third-order valence-corrected chi connectivity index (χ3v) is 6.24. The van der Waals surface area contributed by atoms with E-state index in [9.17, 15) is 12.8 Å². The van der Waals surface area contributed by atoms with Crippen molar-refractivity contribution >= 4 is 15.7 Å². The second kappa shape index (κ2) is 7.41. The number of rotatable bonds is 4. The van der Waals surface area contributed by atoms with Crippen LogP contribution in [0.1, 0.15) is 30.9 Å². The fourth-order valence-electron chi connectivity index (χ4n) is 3.58. The van der Waals surface area contributed by atoms with Crippen molar-refractivity contribution < 1.29 is 22.1 Å². The Kier molecular flexibility index (Phi) is 5.43. The third-order valence-electron chi connectivity index (χ3n) is 5.11. The minimum absolute atomic E-state index is 0.258. The number of hydrogen-bond donors (Lipinski definition) is 1. The molecule has 3 atom stereocenters. The molecule has 5 nitrogen and oxygen atoms in total. The Hall–Kier alpha value is -1.47. The van der Waals surface area contributed by atoms with Gasteiger partial charge in [0.15, 0.2) is 15.9 Å². The van der Waals surface area contributed by atoms with Crippen molar-refractivity contribution in [1.82, 2.24) is 5.32 Å². The summed E-state index contributed by atoms with van der Waals surface area (Å²) in [5, 5.41) is 3.47. The molecule has 25 heavy (non-hydrogen) atoms. The second-order valence-corrected chi connectivity index (χ2v) is 9.02.